The van der Waals surface area contributed by atoms with Crippen molar-refractivity contribution in [3.63, 3.8) is 0 Å². The molecule has 0 unspecified atom stereocenters. The molecule has 0 radical (unpaired) electrons. The van der Waals surface area contributed by atoms with Crippen molar-refractivity contribution in [1.82, 2.24) is 24.4 Å². The zero-order chi connectivity index (χ0) is 21.2. The number of amides is 1. The number of fused-ring (bicyclic) bond motifs is 1. The van der Waals surface area contributed by atoms with E-state index in [9.17, 15) is 9.18 Å². The van der Waals surface area contributed by atoms with Gasteiger partial charge >= 0.3 is 0 Å². The lowest BCUT2D eigenvalue weighted by Gasteiger charge is -2.05. The number of rotatable bonds is 5. The minimum absolute atomic E-state index is 0.298. The molecule has 0 atom stereocenters. The fraction of sp³-hybridized carbons (Fsp3) is 0.0435. The highest BCUT2D eigenvalue weighted by Gasteiger charge is 2.17. The molecule has 0 saturated carbocycles. The monoisotopic (exact) mass is 412 g/mol. The van der Waals surface area contributed by atoms with Gasteiger partial charge in [0.25, 0.3) is 5.91 Å². The molecular formula is C23H17FN6O. The Morgan fingerprint density at radius 1 is 1.00 bits per heavy atom. The first kappa shape index (κ1) is 18.7. The predicted molar refractivity (Wildman–Crippen MR) is 114 cm³/mol. The van der Waals surface area contributed by atoms with Crippen molar-refractivity contribution in [2.24, 2.45) is 0 Å². The van der Waals surface area contributed by atoms with Crippen LogP contribution in [0.25, 0.3) is 16.9 Å². The first-order chi connectivity index (χ1) is 15.2. The first-order valence-electron chi connectivity index (χ1n) is 9.64. The Bertz CT molecular complexity index is 1380. The maximum absolute atomic E-state index is 13.4. The number of nitrogens with one attached hydrogen (secondary N) is 1. The van der Waals surface area contributed by atoms with Crippen molar-refractivity contribution >= 4 is 17.2 Å². The summed E-state index contributed by atoms with van der Waals surface area (Å²) in [5, 5.41) is 11.4. The van der Waals surface area contributed by atoms with E-state index in [1.54, 1.807) is 33.9 Å². The molecule has 31 heavy (non-hydrogen) atoms. The number of carbonyl (C=O) groups is 1. The molecule has 0 aliphatic heterocycles. The third kappa shape index (κ3) is 3.78. The Kier molecular flexibility index (Phi) is 4.72. The van der Waals surface area contributed by atoms with Gasteiger partial charge in [0.15, 0.2) is 5.65 Å². The number of halogens is 1. The van der Waals surface area contributed by atoms with Crippen LogP contribution in [0.5, 0.6) is 0 Å². The van der Waals surface area contributed by atoms with Gasteiger partial charge in [0.1, 0.15) is 11.4 Å². The summed E-state index contributed by atoms with van der Waals surface area (Å²) in [4.78, 5) is 17.2. The van der Waals surface area contributed by atoms with Crippen LogP contribution in [0.1, 0.15) is 15.9 Å². The largest absolute Gasteiger partial charge is 0.319 e. The van der Waals surface area contributed by atoms with Crippen LogP contribution in [-0.2, 0) is 6.54 Å². The molecule has 8 heteroatoms. The number of anilines is 1. The first-order valence-corrected chi connectivity index (χ1v) is 9.64. The highest BCUT2D eigenvalue weighted by Crippen LogP contribution is 2.21. The maximum atomic E-state index is 13.4. The number of aromatic nitrogens is 5. The zero-order valence-electron chi connectivity index (χ0n) is 16.3. The molecule has 7 nitrogen and oxygen atoms in total. The summed E-state index contributed by atoms with van der Waals surface area (Å²) in [6, 6.07) is 18.0. The van der Waals surface area contributed by atoms with E-state index in [0.717, 1.165) is 16.8 Å². The summed E-state index contributed by atoms with van der Waals surface area (Å²) in [6.07, 6.45) is 6.40. The molecule has 2 aromatic carbocycles. The van der Waals surface area contributed by atoms with Crippen LogP contribution >= 0.6 is 0 Å². The maximum Gasteiger partial charge on any atom is 0.261 e. The van der Waals surface area contributed by atoms with Gasteiger partial charge < -0.3 is 5.32 Å². The van der Waals surface area contributed by atoms with E-state index in [1.165, 1.54) is 18.3 Å². The molecule has 5 aromatic rings. The number of hydrogen-bond acceptors (Lipinski definition) is 4. The second-order valence-corrected chi connectivity index (χ2v) is 7.00. The molecule has 5 rings (SSSR count). The predicted octanol–water partition coefficient (Wildman–Crippen LogP) is 4.03. The highest BCUT2D eigenvalue weighted by molar-refractivity contribution is 6.08. The molecule has 1 N–H and O–H groups in total. The zero-order valence-corrected chi connectivity index (χ0v) is 16.3. The Hall–Kier alpha value is -4.33. The molecule has 0 fully saturated rings. The number of benzene rings is 2. The van der Waals surface area contributed by atoms with Gasteiger partial charge in [-0.25, -0.2) is 13.9 Å². The van der Waals surface area contributed by atoms with Crippen LogP contribution in [0.4, 0.5) is 10.1 Å². The molecule has 152 valence electrons. The van der Waals surface area contributed by atoms with Gasteiger partial charge in [0.05, 0.1) is 30.3 Å². The summed E-state index contributed by atoms with van der Waals surface area (Å²) in [7, 11) is 0. The Labute approximate surface area is 176 Å². The Morgan fingerprint density at radius 3 is 2.71 bits per heavy atom. The van der Waals surface area contributed by atoms with Gasteiger partial charge in [-0.2, -0.15) is 10.2 Å². The van der Waals surface area contributed by atoms with Crippen molar-refractivity contribution in [3.8, 4) is 11.3 Å². The van der Waals surface area contributed by atoms with Gasteiger partial charge in [-0.05, 0) is 23.8 Å². The summed E-state index contributed by atoms with van der Waals surface area (Å²) in [5.74, 6) is -0.633. The third-order valence-electron chi connectivity index (χ3n) is 4.84. The average Bonchev–Trinajstić information content (AvgIpc) is 3.41. The van der Waals surface area contributed by atoms with Gasteiger partial charge in [0, 0.05) is 18.0 Å². The molecular weight excluding hydrogens is 395 g/mol. The van der Waals surface area contributed by atoms with E-state index >= 15 is 0 Å². The van der Waals surface area contributed by atoms with Crippen molar-refractivity contribution in [2.45, 2.75) is 6.54 Å². The van der Waals surface area contributed by atoms with Crippen molar-refractivity contribution in [2.75, 3.05) is 5.32 Å². The van der Waals surface area contributed by atoms with E-state index in [2.05, 4.69) is 20.5 Å². The van der Waals surface area contributed by atoms with Gasteiger partial charge in [-0.1, -0.05) is 42.5 Å². The van der Waals surface area contributed by atoms with Crippen molar-refractivity contribution in [1.29, 1.82) is 0 Å². The summed E-state index contributed by atoms with van der Waals surface area (Å²) >= 11 is 0. The van der Waals surface area contributed by atoms with E-state index in [0.29, 0.717) is 23.4 Å². The minimum atomic E-state index is -0.335. The lowest BCUT2D eigenvalue weighted by atomic mass is 10.1. The molecule has 0 saturated heterocycles. The standard InChI is InChI=1S/C23H17FN6O/c24-18-8-4-5-16(11-18)14-29-15-19(12-26-29)28-23(31)20-13-27-30-21(9-10-25-22(20)30)17-6-2-1-3-7-17/h1-13,15H,14H2,(H,28,31). The smallest absolute Gasteiger partial charge is 0.261 e. The number of nitrogens with zero attached hydrogens (tertiary/aromatic N) is 5. The fourth-order valence-corrected chi connectivity index (χ4v) is 3.41. The summed E-state index contributed by atoms with van der Waals surface area (Å²) in [5.41, 5.74) is 3.94. The molecule has 3 heterocycles. The van der Waals surface area contributed by atoms with E-state index in [4.69, 9.17) is 0 Å². The highest BCUT2D eigenvalue weighted by atomic mass is 19.1. The Balaban J connectivity index is 1.37. The minimum Gasteiger partial charge on any atom is -0.319 e. The van der Waals surface area contributed by atoms with Crippen LogP contribution in [0.2, 0.25) is 0 Å². The van der Waals surface area contributed by atoms with Gasteiger partial charge in [-0.3, -0.25) is 9.48 Å². The summed E-state index contributed by atoms with van der Waals surface area (Å²) in [6.45, 7) is 0.395. The quantitative estimate of drug-likeness (QED) is 0.473. The normalized spacial score (nSPS) is 11.0. The van der Waals surface area contributed by atoms with E-state index in [1.807, 2.05) is 42.5 Å². The van der Waals surface area contributed by atoms with Crippen LogP contribution in [0, 0.1) is 5.82 Å². The SMILES string of the molecule is O=C(Nc1cnn(Cc2cccc(F)c2)c1)c1cnn2c(-c3ccccc3)ccnc12. The van der Waals surface area contributed by atoms with E-state index < -0.39 is 0 Å². The molecule has 0 aliphatic rings. The number of hydrogen-bond donors (Lipinski definition) is 1. The van der Waals surface area contributed by atoms with Gasteiger partial charge in [-0.15, -0.1) is 0 Å². The topological polar surface area (TPSA) is 77.1 Å². The van der Waals surface area contributed by atoms with Crippen molar-refractivity contribution < 1.29 is 9.18 Å². The Morgan fingerprint density at radius 2 is 1.87 bits per heavy atom. The fourth-order valence-electron chi connectivity index (χ4n) is 3.41. The number of carbonyl (C=O) groups excluding carboxylic acids is 1. The molecule has 0 bridgehead atoms. The third-order valence-corrected chi connectivity index (χ3v) is 4.84. The lowest BCUT2D eigenvalue weighted by molar-refractivity contribution is 0.102. The molecule has 3 aromatic heterocycles. The van der Waals surface area contributed by atoms with Crippen LogP contribution in [0.3, 0.4) is 0 Å². The van der Waals surface area contributed by atoms with Crippen LogP contribution < -0.4 is 5.32 Å². The second-order valence-electron chi connectivity index (χ2n) is 7.00. The summed E-state index contributed by atoms with van der Waals surface area (Å²) < 4.78 is 16.6. The molecule has 1 amide bonds. The van der Waals surface area contributed by atoms with Crippen molar-refractivity contribution in [3.05, 3.63) is 102 Å². The average molecular weight is 412 g/mol. The van der Waals surface area contributed by atoms with Gasteiger partial charge in [0.2, 0.25) is 0 Å². The lowest BCUT2D eigenvalue weighted by Crippen LogP contribution is -2.11. The van der Waals surface area contributed by atoms with E-state index in [-0.39, 0.29) is 11.7 Å². The molecule has 0 aliphatic carbocycles. The van der Waals surface area contributed by atoms with Crippen LogP contribution in [0.15, 0.2) is 85.5 Å². The molecule has 0 spiro atoms. The van der Waals surface area contributed by atoms with Crippen LogP contribution in [-0.4, -0.2) is 30.3 Å². The second kappa shape index (κ2) is 7.83.